The van der Waals surface area contributed by atoms with E-state index in [1.165, 1.54) is 11.2 Å². The van der Waals surface area contributed by atoms with E-state index in [0.29, 0.717) is 17.4 Å². The van der Waals surface area contributed by atoms with Crippen LogP contribution in [-0.2, 0) is 5.41 Å². The lowest BCUT2D eigenvalue weighted by Crippen LogP contribution is -2.27. The van der Waals surface area contributed by atoms with Crippen molar-refractivity contribution in [2.45, 2.75) is 19.3 Å². The van der Waals surface area contributed by atoms with Crippen LogP contribution in [0.4, 0.5) is 11.6 Å². The molecule has 0 radical (unpaired) electrons. The van der Waals surface area contributed by atoms with E-state index < -0.39 is 0 Å². The molecule has 5 nitrogen and oxygen atoms in total. The number of hydrogen-bond donors (Lipinski definition) is 2. The number of thiophene rings is 1. The molecule has 0 aromatic carbocycles. The summed E-state index contributed by atoms with van der Waals surface area (Å²) in [5.41, 5.74) is 5.76. The minimum Gasteiger partial charge on any atom is -0.490 e. The van der Waals surface area contributed by atoms with E-state index in [4.69, 9.17) is 10.5 Å². The lowest BCUT2D eigenvalue weighted by Gasteiger charge is -2.24. The molecule has 19 heavy (non-hydrogen) atoms. The summed E-state index contributed by atoms with van der Waals surface area (Å²) in [6.45, 7) is 5.10. The maximum Gasteiger partial charge on any atom is 0.203 e. The molecule has 6 heteroatoms. The molecule has 2 aromatic heterocycles. The molecule has 3 N–H and O–H groups in total. The zero-order valence-corrected chi connectivity index (χ0v) is 12.1. The monoisotopic (exact) mass is 278 g/mol. The second kappa shape index (κ2) is 5.44. The van der Waals surface area contributed by atoms with Crippen molar-refractivity contribution in [1.82, 2.24) is 9.97 Å². The number of nitrogens with zero attached hydrogens (tertiary/aromatic N) is 2. The normalized spacial score (nSPS) is 11.3. The Morgan fingerprint density at radius 2 is 2.21 bits per heavy atom. The van der Waals surface area contributed by atoms with Crippen LogP contribution in [0.1, 0.15) is 18.7 Å². The summed E-state index contributed by atoms with van der Waals surface area (Å²) in [7, 11) is 1.56. The van der Waals surface area contributed by atoms with Crippen LogP contribution >= 0.6 is 11.3 Å². The number of anilines is 2. The van der Waals surface area contributed by atoms with Crippen molar-refractivity contribution in [2.24, 2.45) is 0 Å². The van der Waals surface area contributed by atoms with Gasteiger partial charge >= 0.3 is 0 Å². The SMILES string of the molecule is COc1c(N)ncnc1NCC(C)(C)c1cccs1. The van der Waals surface area contributed by atoms with Crippen molar-refractivity contribution in [1.29, 1.82) is 0 Å². The van der Waals surface area contributed by atoms with Crippen molar-refractivity contribution < 1.29 is 4.74 Å². The van der Waals surface area contributed by atoms with Gasteiger partial charge in [0.05, 0.1) is 7.11 Å². The molecule has 0 bridgehead atoms. The fourth-order valence-electron chi connectivity index (χ4n) is 1.77. The molecule has 0 saturated heterocycles. The first kappa shape index (κ1) is 13.6. The smallest absolute Gasteiger partial charge is 0.203 e. The molecule has 0 aliphatic rings. The molecule has 0 aliphatic heterocycles. The van der Waals surface area contributed by atoms with E-state index in [9.17, 15) is 0 Å². The number of aromatic nitrogens is 2. The van der Waals surface area contributed by atoms with E-state index in [0.717, 1.165) is 6.54 Å². The van der Waals surface area contributed by atoms with E-state index >= 15 is 0 Å². The Labute approximate surface area is 116 Å². The third-order valence-electron chi connectivity index (χ3n) is 2.92. The van der Waals surface area contributed by atoms with Gasteiger partial charge in [0.2, 0.25) is 5.75 Å². The van der Waals surface area contributed by atoms with Crippen LogP contribution in [0.2, 0.25) is 0 Å². The topological polar surface area (TPSA) is 73.1 Å². The van der Waals surface area contributed by atoms with Gasteiger partial charge in [-0.15, -0.1) is 11.3 Å². The molecular weight excluding hydrogens is 260 g/mol. The van der Waals surface area contributed by atoms with E-state index in [1.807, 2.05) is 0 Å². The van der Waals surface area contributed by atoms with Gasteiger partial charge in [-0.3, -0.25) is 0 Å². The van der Waals surface area contributed by atoms with Gasteiger partial charge in [0.25, 0.3) is 0 Å². The number of nitrogens with one attached hydrogen (secondary N) is 1. The van der Waals surface area contributed by atoms with Gasteiger partial charge in [-0.2, -0.15) is 0 Å². The van der Waals surface area contributed by atoms with Crippen molar-refractivity contribution >= 4 is 23.0 Å². The number of nitrogen functional groups attached to an aromatic ring is 1. The van der Waals surface area contributed by atoms with Gasteiger partial charge in [-0.05, 0) is 11.4 Å². The highest BCUT2D eigenvalue weighted by Crippen LogP contribution is 2.30. The van der Waals surface area contributed by atoms with Crippen LogP contribution in [0, 0.1) is 0 Å². The molecule has 0 amide bonds. The summed E-state index contributed by atoms with van der Waals surface area (Å²) in [5, 5.41) is 5.37. The van der Waals surface area contributed by atoms with E-state index in [1.54, 1.807) is 18.4 Å². The Hall–Kier alpha value is -1.82. The zero-order chi connectivity index (χ0) is 13.9. The van der Waals surface area contributed by atoms with E-state index in [2.05, 4.69) is 46.6 Å². The quantitative estimate of drug-likeness (QED) is 0.879. The summed E-state index contributed by atoms with van der Waals surface area (Å²) in [6.07, 6.45) is 1.43. The predicted octanol–water partition coefficient (Wildman–Crippen LogP) is 2.52. The fourth-order valence-corrected chi connectivity index (χ4v) is 2.62. The first-order valence-corrected chi connectivity index (χ1v) is 6.85. The van der Waals surface area contributed by atoms with Crippen LogP contribution in [0.3, 0.4) is 0 Å². The number of rotatable bonds is 5. The summed E-state index contributed by atoms with van der Waals surface area (Å²) in [6, 6.07) is 4.20. The minimum atomic E-state index is 0.0128. The molecule has 0 atom stereocenters. The summed E-state index contributed by atoms with van der Waals surface area (Å²) in [4.78, 5) is 9.40. The molecule has 0 fully saturated rings. The van der Waals surface area contributed by atoms with Crippen molar-refractivity contribution in [3.05, 3.63) is 28.7 Å². The highest BCUT2D eigenvalue weighted by Gasteiger charge is 2.22. The van der Waals surface area contributed by atoms with Crippen LogP contribution in [-0.4, -0.2) is 23.6 Å². The minimum absolute atomic E-state index is 0.0128. The van der Waals surface area contributed by atoms with Gasteiger partial charge in [-0.25, -0.2) is 9.97 Å². The van der Waals surface area contributed by atoms with Gasteiger partial charge < -0.3 is 15.8 Å². The standard InChI is InChI=1S/C13H18N4OS/c1-13(2,9-5-4-6-19-9)7-15-12-10(18-3)11(14)16-8-17-12/h4-6,8H,7H2,1-3H3,(H3,14,15,16,17). The van der Waals surface area contributed by atoms with Crippen molar-refractivity contribution in [2.75, 3.05) is 24.7 Å². The summed E-state index contributed by atoms with van der Waals surface area (Å²) in [5.74, 6) is 1.46. The number of methoxy groups -OCH3 is 1. The second-order valence-corrected chi connectivity index (χ2v) is 5.80. The third-order valence-corrected chi connectivity index (χ3v) is 4.16. The van der Waals surface area contributed by atoms with Crippen molar-refractivity contribution in [3.8, 4) is 5.75 Å². The predicted molar refractivity (Wildman–Crippen MR) is 78.8 cm³/mol. The van der Waals surface area contributed by atoms with Gasteiger partial charge in [0.15, 0.2) is 11.6 Å². The molecular formula is C13H18N4OS. The van der Waals surface area contributed by atoms with Crippen molar-refractivity contribution in [3.63, 3.8) is 0 Å². The Kier molecular flexibility index (Phi) is 3.90. The number of hydrogen-bond acceptors (Lipinski definition) is 6. The average Bonchev–Trinajstić information content (AvgIpc) is 2.91. The molecule has 0 unspecified atom stereocenters. The van der Waals surface area contributed by atoms with Gasteiger partial charge in [0, 0.05) is 16.8 Å². The van der Waals surface area contributed by atoms with Crippen LogP contribution in [0.5, 0.6) is 5.75 Å². The molecule has 2 aromatic rings. The molecule has 2 rings (SSSR count). The Balaban J connectivity index is 2.13. The Morgan fingerprint density at radius 1 is 1.42 bits per heavy atom. The molecule has 2 heterocycles. The van der Waals surface area contributed by atoms with Crippen LogP contribution in [0.15, 0.2) is 23.8 Å². The number of ether oxygens (including phenoxy) is 1. The first-order valence-electron chi connectivity index (χ1n) is 5.97. The second-order valence-electron chi connectivity index (χ2n) is 4.86. The lowest BCUT2D eigenvalue weighted by molar-refractivity contribution is 0.414. The Morgan fingerprint density at radius 3 is 2.84 bits per heavy atom. The highest BCUT2D eigenvalue weighted by atomic mass is 32.1. The Bertz CT molecular complexity index is 540. The van der Waals surface area contributed by atoms with Gasteiger partial charge in [-0.1, -0.05) is 19.9 Å². The molecule has 0 saturated carbocycles. The molecule has 0 aliphatic carbocycles. The highest BCUT2D eigenvalue weighted by molar-refractivity contribution is 7.10. The third kappa shape index (κ3) is 2.96. The maximum absolute atomic E-state index is 5.75. The largest absolute Gasteiger partial charge is 0.490 e. The number of nitrogens with two attached hydrogens (primary N) is 1. The maximum atomic E-state index is 5.75. The van der Waals surface area contributed by atoms with Crippen LogP contribution in [0.25, 0.3) is 0 Å². The summed E-state index contributed by atoms with van der Waals surface area (Å²) >= 11 is 1.75. The van der Waals surface area contributed by atoms with Gasteiger partial charge in [0.1, 0.15) is 6.33 Å². The summed E-state index contributed by atoms with van der Waals surface area (Å²) < 4.78 is 5.22. The average molecular weight is 278 g/mol. The zero-order valence-electron chi connectivity index (χ0n) is 11.3. The first-order chi connectivity index (χ1) is 9.04. The molecule has 0 spiro atoms. The lowest BCUT2D eigenvalue weighted by atomic mass is 9.91. The molecule has 102 valence electrons. The van der Waals surface area contributed by atoms with E-state index in [-0.39, 0.29) is 5.41 Å². The van der Waals surface area contributed by atoms with Crippen LogP contribution < -0.4 is 15.8 Å². The fraction of sp³-hybridized carbons (Fsp3) is 0.385.